The molecule has 1 N–H and O–H groups in total. The van der Waals surface area contributed by atoms with E-state index in [1.807, 2.05) is 19.9 Å². The molecule has 1 unspecified atom stereocenters. The second-order valence-corrected chi connectivity index (χ2v) is 2.42. The lowest BCUT2D eigenvalue weighted by atomic mass is 10.1. The third-order valence-electron chi connectivity index (χ3n) is 1.49. The van der Waals surface area contributed by atoms with Crippen molar-refractivity contribution in [1.82, 2.24) is 5.32 Å². The van der Waals surface area contributed by atoms with Crippen molar-refractivity contribution in [2.24, 2.45) is 0 Å². The van der Waals surface area contributed by atoms with Crippen LogP contribution < -0.4 is 5.32 Å². The number of carbonyl (C=O) groups is 1. The Morgan fingerprint density at radius 1 is 1.64 bits per heavy atom. The largest absolute Gasteiger partial charge is 0.350 e. The lowest BCUT2D eigenvalue weighted by Gasteiger charge is -2.12. The van der Waals surface area contributed by atoms with E-state index in [2.05, 4.69) is 11.9 Å². The zero-order valence-electron chi connectivity index (χ0n) is 7.35. The maximum atomic E-state index is 10.6. The molecule has 0 spiro atoms. The number of nitrogens with one attached hydrogen (secondary N) is 1. The Balaban J connectivity index is 4.11. The monoisotopic (exact) mass is 153 g/mol. The molecule has 1 atom stereocenters. The fourth-order valence-electron chi connectivity index (χ4n) is 0.933. The topological polar surface area (TPSA) is 29.1 Å². The van der Waals surface area contributed by atoms with Gasteiger partial charge < -0.3 is 5.32 Å². The van der Waals surface area contributed by atoms with Crippen LogP contribution in [-0.4, -0.2) is 11.9 Å². The van der Waals surface area contributed by atoms with Gasteiger partial charge in [-0.3, -0.25) is 4.79 Å². The van der Waals surface area contributed by atoms with Crippen molar-refractivity contribution in [2.75, 3.05) is 0 Å². The predicted octanol–water partition coefficient (Wildman–Crippen LogP) is 1.64. The van der Waals surface area contributed by atoms with E-state index >= 15 is 0 Å². The van der Waals surface area contributed by atoms with Gasteiger partial charge in [0.25, 0.3) is 0 Å². The number of carbonyl (C=O) groups excluding carboxylic acids is 1. The third-order valence-corrected chi connectivity index (χ3v) is 1.49. The Bertz CT molecular complexity index is 182. The van der Waals surface area contributed by atoms with Crippen LogP contribution in [0.4, 0.5) is 0 Å². The summed E-state index contributed by atoms with van der Waals surface area (Å²) in [5, 5.41) is 2.77. The number of amides is 1. The fraction of sp³-hybridized carbons (Fsp3) is 0.444. The van der Waals surface area contributed by atoms with E-state index in [0.717, 1.165) is 5.57 Å². The van der Waals surface area contributed by atoms with Crippen LogP contribution in [0.15, 0.2) is 24.3 Å². The molecule has 0 heterocycles. The number of hydrogen-bond acceptors (Lipinski definition) is 1. The molecule has 0 fully saturated rings. The Morgan fingerprint density at radius 3 is 2.45 bits per heavy atom. The highest BCUT2D eigenvalue weighted by molar-refractivity contribution is 5.73. The fourth-order valence-corrected chi connectivity index (χ4v) is 0.933. The van der Waals surface area contributed by atoms with E-state index in [0.29, 0.717) is 0 Å². The van der Waals surface area contributed by atoms with Crippen LogP contribution in [0.3, 0.4) is 0 Å². The highest BCUT2D eigenvalue weighted by Crippen LogP contribution is 2.01. The molecule has 62 valence electrons. The predicted molar refractivity (Wildman–Crippen MR) is 47.2 cm³/mol. The average molecular weight is 153 g/mol. The average Bonchev–Trinajstić information content (AvgIpc) is 1.88. The van der Waals surface area contributed by atoms with Crippen LogP contribution in [0.25, 0.3) is 0 Å². The summed E-state index contributed by atoms with van der Waals surface area (Å²) in [5.41, 5.74) is 1.04. The van der Waals surface area contributed by atoms with Crippen LogP contribution in [0.5, 0.6) is 0 Å². The van der Waals surface area contributed by atoms with Crippen molar-refractivity contribution in [3.8, 4) is 0 Å². The van der Waals surface area contributed by atoms with Crippen LogP contribution in [-0.2, 0) is 4.79 Å². The molecule has 0 bridgehead atoms. The minimum Gasteiger partial charge on any atom is -0.350 e. The molecular weight excluding hydrogens is 138 g/mol. The van der Waals surface area contributed by atoms with Crippen molar-refractivity contribution in [2.45, 2.75) is 26.8 Å². The Kier molecular flexibility index (Phi) is 4.27. The first-order valence-corrected chi connectivity index (χ1v) is 3.67. The maximum absolute atomic E-state index is 10.6. The van der Waals surface area contributed by atoms with Gasteiger partial charge in [-0.15, -0.1) is 0 Å². The smallest absolute Gasteiger partial charge is 0.217 e. The molecular formula is C9H15NO. The van der Waals surface area contributed by atoms with Gasteiger partial charge in [-0.2, -0.15) is 0 Å². The summed E-state index contributed by atoms with van der Waals surface area (Å²) in [7, 11) is 0. The summed E-state index contributed by atoms with van der Waals surface area (Å²) in [6, 6.07) is 0.0648. The summed E-state index contributed by atoms with van der Waals surface area (Å²) in [4.78, 5) is 10.6. The van der Waals surface area contributed by atoms with Crippen molar-refractivity contribution in [1.29, 1.82) is 0 Å². The molecule has 0 saturated heterocycles. The maximum Gasteiger partial charge on any atom is 0.217 e. The quantitative estimate of drug-likeness (QED) is 0.614. The molecule has 1 amide bonds. The lowest BCUT2D eigenvalue weighted by molar-refractivity contribution is -0.119. The number of hydrogen-bond donors (Lipinski definition) is 1. The molecule has 0 aromatic carbocycles. The molecule has 0 rings (SSSR count). The molecule has 0 aromatic heterocycles. The van der Waals surface area contributed by atoms with E-state index < -0.39 is 0 Å². The minimum absolute atomic E-state index is 0.0151. The summed E-state index contributed by atoms with van der Waals surface area (Å²) < 4.78 is 0. The van der Waals surface area contributed by atoms with E-state index in [9.17, 15) is 4.79 Å². The first kappa shape index (κ1) is 9.95. The highest BCUT2D eigenvalue weighted by atomic mass is 16.1. The molecule has 2 nitrogen and oxygen atoms in total. The molecule has 11 heavy (non-hydrogen) atoms. The van der Waals surface area contributed by atoms with Gasteiger partial charge in [0.2, 0.25) is 5.91 Å². The van der Waals surface area contributed by atoms with Gasteiger partial charge in [-0.25, -0.2) is 0 Å². The van der Waals surface area contributed by atoms with E-state index in [4.69, 9.17) is 0 Å². The minimum atomic E-state index is -0.0151. The van der Waals surface area contributed by atoms with Crippen molar-refractivity contribution in [3.63, 3.8) is 0 Å². The van der Waals surface area contributed by atoms with Gasteiger partial charge in [0.1, 0.15) is 0 Å². The first-order chi connectivity index (χ1) is 5.11. The van der Waals surface area contributed by atoms with E-state index in [1.165, 1.54) is 6.92 Å². The Hall–Kier alpha value is -1.05. The zero-order chi connectivity index (χ0) is 8.85. The summed E-state index contributed by atoms with van der Waals surface area (Å²) in [5.74, 6) is -0.0151. The summed E-state index contributed by atoms with van der Waals surface area (Å²) in [6.45, 7) is 9.00. The normalized spacial score (nSPS) is 13.9. The van der Waals surface area contributed by atoms with Gasteiger partial charge in [-0.05, 0) is 19.4 Å². The molecule has 0 aromatic rings. The highest BCUT2D eigenvalue weighted by Gasteiger charge is 2.04. The van der Waals surface area contributed by atoms with Crippen LogP contribution in [0.2, 0.25) is 0 Å². The lowest BCUT2D eigenvalue weighted by Crippen LogP contribution is -2.31. The Morgan fingerprint density at radius 2 is 2.18 bits per heavy atom. The summed E-state index contributed by atoms with van der Waals surface area (Å²) in [6.07, 6.45) is 3.69. The molecule has 0 aliphatic heterocycles. The molecule has 2 heteroatoms. The van der Waals surface area contributed by atoms with Gasteiger partial charge in [0.15, 0.2) is 0 Å². The van der Waals surface area contributed by atoms with Crippen LogP contribution >= 0.6 is 0 Å². The molecule has 0 aliphatic carbocycles. The van der Waals surface area contributed by atoms with Gasteiger partial charge in [0.05, 0.1) is 6.04 Å². The summed E-state index contributed by atoms with van der Waals surface area (Å²) >= 11 is 0. The first-order valence-electron chi connectivity index (χ1n) is 3.67. The zero-order valence-corrected chi connectivity index (χ0v) is 7.35. The van der Waals surface area contributed by atoms with Crippen molar-refractivity contribution >= 4 is 5.91 Å². The standard InChI is InChI=1S/C9H15NO/c1-5-9(6-2)7(3)10-8(4)11/h5-7H,1H2,2-4H3,(H,10,11). The second-order valence-electron chi connectivity index (χ2n) is 2.42. The van der Waals surface area contributed by atoms with Crippen molar-refractivity contribution in [3.05, 3.63) is 24.3 Å². The molecule has 0 aliphatic rings. The number of rotatable bonds is 3. The molecule has 0 saturated carbocycles. The number of allylic oxidation sites excluding steroid dienone is 1. The van der Waals surface area contributed by atoms with E-state index in [1.54, 1.807) is 6.08 Å². The SMILES string of the molecule is C=CC(=CC)C(C)NC(C)=O. The third kappa shape index (κ3) is 3.61. The Labute approximate surface area is 68.0 Å². The van der Waals surface area contributed by atoms with Gasteiger partial charge >= 0.3 is 0 Å². The van der Waals surface area contributed by atoms with Crippen LogP contribution in [0.1, 0.15) is 20.8 Å². The second kappa shape index (κ2) is 4.72. The van der Waals surface area contributed by atoms with Crippen LogP contribution in [0, 0.1) is 0 Å². The van der Waals surface area contributed by atoms with E-state index in [-0.39, 0.29) is 11.9 Å². The molecule has 0 radical (unpaired) electrons. The van der Waals surface area contributed by atoms with Gasteiger partial charge in [-0.1, -0.05) is 18.7 Å². The van der Waals surface area contributed by atoms with Crippen molar-refractivity contribution < 1.29 is 4.79 Å². The van der Waals surface area contributed by atoms with Gasteiger partial charge in [0, 0.05) is 6.92 Å².